The number of benzene rings is 2. The molecule has 8 heteroatoms. The lowest BCUT2D eigenvalue weighted by Gasteiger charge is -2.10. The van der Waals surface area contributed by atoms with Crippen LogP contribution in [0.2, 0.25) is 0 Å². The molecule has 0 atom stereocenters. The number of amides is 1. The van der Waals surface area contributed by atoms with Gasteiger partial charge in [0.25, 0.3) is 15.9 Å². The van der Waals surface area contributed by atoms with Gasteiger partial charge in [-0.1, -0.05) is 17.7 Å². The number of rotatable bonds is 4. The second-order valence-electron chi connectivity index (χ2n) is 6.22. The molecule has 1 aliphatic heterocycles. The lowest BCUT2D eigenvalue weighted by Crippen LogP contribution is -2.13. The van der Waals surface area contributed by atoms with Gasteiger partial charge in [0.2, 0.25) is 0 Å². The van der Waals surface area contributed by atoms with E-state index in [1.54, 1.807) is 60.9 Å². The smallest absolute Gasteiger partial charge is 0.261 e. The summed E-state index contributed by atoms with van der Waals surface area (Å²) < 4.78 is 27.8. The summed E-state index contributed by atoms with van der Waals surface area (Å²) in [7, 11) is -3.72. The van der Waals surface area contributed by atoms with E-state index in [-0.39, 0.29) is 10.8 Å². The molecule has 4 rings (SSSR count). The number of nitrogens with zero attached hydrogens (tertiary/aromatic N) is 1. The number of anilines is 2. The van der Waals surface area contributed by atoms with E-state index in [0.29, 0.717) is 22.5 Å². The topological polar surface area (TPSA) is 104 Å². The van der Waals surface area contributed by atoms with Crippen LogP contribution in [0.5, 0.6) is 0 Å². The van der Waals surface area contributed by atoms with Gasteiger partial charge in [-0.3, -0.25) is 14.6 Å². The van der Waals surface area contributed by atoms with Crippen molar-refractivity contribution in [1.82, 2.24) is 10.2 Å². The number of sulfonamides is 1. The van der Waals surface area contributed by atoms with E-state index >= 15 is 0 Å². The number of aryl methyl sites for hydroxylation is 1. The van der Waals surface area contributed by atoms with E-state index < -0.39 is 10.0 Å². The molecule has 3 aromatic rings. The Morgan fingerprint density at radius 1 is 1.11 bits per heavy atom. The third-order valence-corrected chi connectivity index (χ3v) is 5.61. The predicted molar refractivity (Wildman–Crippen MR) is 104 cm³/mol. The summed E-state index contributed by atoms with van der Waals surface area (Å²) in [6.07, 6.45) is 4.97. The highest BCUT2D eigenvalue weighted by Gasteiger charge is 2.25. The van der Waals surface area contributed by atoms with Crippen molar-refractivity contribution in [1.29, 1.82) is 0 Å². The fourth-order valence-electron chi connectivity index (χ4n) is 2.83. The van der Waals surface area contributed by atoms with Crippen LogP contribution in [0, 0.1) is 6.92 Å². The number of nitrogens with one attached hydrogen (secondary N) is 3. The van der Waals surface area contributed by atoms with Gasteiger partial charge in [-0.15, -0.1) is 0 Å². The van der Waals surface area contributed by atoms with E-state index in [1.807, 2.05) is 6.92 Å². The third-order valence-electron chi connectivity index (χ3n) is 4.22. The molecule has 1 aliphatic rings. The van der Waals surface area contributed by atoms with Crippen molar-refractivity contribution in [2.45, 2.75) is 11.8 Å². The molecule has 3 N–H and O–H groups in total. The van der Waals surface area contributed by atoms with Crippen LogP contribution in [0.15, 0.2) is 59.8 Å². The average Bonchev–Trinajstić information content (AvgIpc) is 3.24. The minimum atomic E-state index is -3.72. The van der Waals surface area contributed by atoms with E-state index in [1.165, 1.54) is 0 Å². The van der Waals surface area contributed by atoms with Gasteiger partial charge >= 0.3 is 0 Å². The molecule has 1 aromatic heterocycles. The van der Waals surface area contributed by atoms with Crippen molar-refractivity contribution in [3.8, 4) is 0 Å². The van der Waals surface area contributed by atoms with Crippen LogP contribution in [0.3, 0.4) is 0 Å². The van der Waals surface area contributed by atoms with E-state index in [9.17, 15) is 13.2 Å². The fraction of sp³-hybridized carbons (Fsp3) is 0.0526. The van der Waals surface area contributed by atoms with Gasteiger partial charge in [-0.05, 0) is 43.3 Å². The Morgan fingerprint density at radius 2 is 1.89 bits per heavy atom. The van der Waals surface area contributed by atoms with E-state index in [2.05, 4.69) is 20.2 Å². The summed E-state index contributed by atoms with van der Waals surface area (Å²) in [4.78, 5) is 12.4. The van der Waals surface area contributed by atoms with Gasteiger partial charge in [0, 0.05) is 34.3 Å². The normalized spacial score (nSPS) is 14.9. The summed E-state index contributed by atoms with van der Waals surface area (Å²) in [5.74, 6) is -0.246. The highest BCUT2D eigenvalue weighted by Crippen LogP contribution is 2.35. The van der Waals surface area contributed by atoms with Crippen LogP contribution < -0.4 is 10.0 Å². The molecule has 136 valence electrons. The molecule has 0 saturated carbocycles. The number of aromatic nitrogens is 2. The maximum Gasteiger partial charge on any atom is 0.261 e. The maximum absolute atomic E-state index is 12.6. The van der Waals surface area contributed by atoms with Gasteiger partial charge in [-0.25, -0.2) is 8.42 Å². The molecule has 0 unspecified atom stereocenters. The highest BCUT2D eigenvalue weighted by atomic mass is 32.2. The van der Waals surface area contributed by atoms with Gasteiger partial charge in [0.1, 0.15) is 0 Å². The molecular formula is C19H16N4O3S. The van der Waals surface area contributed by atoms with Crippen LogP contribution >= 0.6 is 0 Å². The Bertz CT molecular complexity index is 1150. The first-order valence-electron chi connectivity index (χ1n) is 8.18. The van der Waals surface area contributed by atoms with Crippen LogP contribution in [0.1, 0.15) is 16.7 Å². The predicted octanol–water partition coefficient (Wildman–Crippen LogP) is 3.01. The minimum absolute atomic E-state index is 0.178. The van der Waals surface area contributed by atoms with Crippen LogP contribution in [0.25, 0.3) is 11.6 Å². The van der Waals surface area contributed by atoms with Crippen LogP contribution in [0.4, 0.5) is 11.4 Å². The van der Waals surface area contributed by atoms with Gasteiger partial charge < -0.3 is 5.32 Å². The number of carbonyl (C=O) groups excluding carboxylic acids is 1. The lowest BCUT2D eigenvalue weighted by molar-refractivity contribution is -0.110. The molecule has 7 nitrogen and oxygen atoms in total. The number of H-pyrrole nitrogens is 1. The van der Waals surface area contributed by atoms with Crippen LogP contribution in [-0.4, -0.2) is 24.5 Å². The Morgan fingerprint density at radius 3 is 2.59 bits per heavy atom. The SMILES string of the molecule is Cc1ccc(S(=O)(=O)Nc2ccc3c(c2)C(=Cc2cn[nH]c2)C(=O)N3)cc1. The van der Waals surface area contributed by atoms with Crippen molar-refractivity contribution in [2.24, 2.45) is 0 Å². The zero-order valence-corrected chi connectivity index (χ0v) is 15.2. The van der Waals surface area contributed by atoms with Crippen molar-refractivity contribution < 1.29 is 13.2 Å². The number of aromatic amines is 1. The molecule has 0 saturated heterocycles. The monoisotopic (exact) mass is 380 g/mol. The van der Waals surface area contributed by atoms with Gasteiger partial charge in [-0.2, -0.15) is 5.10 Å². The Kier molecular flexibility index (Phi) is 4.04. The fourth-order valence-corrected chi connectivity index (χ4v) is 3.88. The molecule has 0 aliphatic carbocycles. The Balaban J connectivity index is 1.68. The molecule has 0 radical (unpaired) electrons. The van der Waals surface area contributed by atoms with E-state index in [0.717, 1.165) is 11.1 Å². The average molecular weight is 380 g/mol. The first-order valence-corrected chi connectivity index (χ1v) is 9.66. The molecule has 1 amide bonds. The number of hydrogen-bond acceptors (Lipinski definition) is 4. The molecule has 0 bridgehead atoms. The first-order chi connectivity index (χ1) is 12.9. The van der Waals surface area contributed by atoms with Gasteiger partial charge in [0.15, 0.2) is 0 Å². The molecule has 27 heavy (non-hydrogen) atoms. The maximum atomic E-state index is 12.6. The quantitative estimate of drug-likeness (QED) is 0.605. The largest absolute Gasteiger partial charge is 0.321 e. The van der Waals surface area contributed by atoms with E-state index in [4.69, 9.17) is 0 Å². The Hall–Kier alpha value is -3.39. The standard InChI is InChI=1S/C19H16N4O3S/c1-12-2-5-15(6-3-12)27(25,26)23-14-4-7-18-16(9-14)17(19(24)22-18)8-13-10-20-21-11-13/h2-11,23H,1H3,(H,20,21)(H,22,24). The third kappa shape index (κ3) is 3.34. The zero-order chi connectivity index (χ0) is 19.0. The highest BCUT2D eigenvalue weighted by molar-refractivity contribution is 7.92. The van der Waals surface area contributed by atoms with Crippen molar-refractivity contribution in [3.05, 3.63) is 71.5 Å². The van der Waals surface area contributed by atoms with Crippen molar-refractivity contribution in [3.63, 3.8) is 0 Å². The number of carbonyl (C=O) groups is 1. The Labute approximate surface area is 156 Å². The van der Waals surface area contributed by atoms with Gasteiger partial charge in [0.05, 0.1) is 11.1 Å². The van der Waals surface area contributed by atoms with Crippen molar-refractivity contribution >= 4 is 39.0 Å². The van der Waals surface area contributed by atoms with Crippen molar-refractivity contribution in [2.75, 3.05) is 10.0 Å². The second kappa shape index (κ2) is 6.40. The number of fused-ring (bicyclic) bond motifs is 1. The summed E-state index contributed by atoms with van der Waals surface area (Å²) in [6.45, 7) is 1.89. The second-order valence-corrected chi connectivity index (χ2v) is 7.91. The minimum Gasteiger partial charge on any atom is -0.321 e. The molecule has 2 aromatic carbocycles. The molecular weight excluding hydrogens is 364 g/mol. The zero-order valence-electron chi connectivity index (χ0n) is 14.4. The number of hydrogen-bond donors (Lipinski definition) is 3. The lowest BCUT2D eigenvalue weighted by atomic mass is 10.0. The summed E-state index contributed by atoms with van der Waals surface area (Å²) >= 11 is 0. The summed E-state index contributed by atoms with van der Waals surface area (Å²) in [5, 5.41) is 9.32. The van der Waals surface area contributed by atoms with Crippen LogP contribution in [-0.2, 0) is 14.8 Å². The molecule has 0 fully saturated rings. The summed E-state index contributed by atoms with van der Waals surface area (Å²) in [6, 6.07) is 11.5. The molecule has 2 heterocycles. The summed E-state index contributed by atoms with van der Waals surface area (Å²) in [5.41, 5.74) is 3.81. The molecule has 0 spiro atoms. The first kappa shape index (κ1) is 17.0.